The van der Waals surface area contributed by atoms with Gasteiger partial charge in [-0.25, -0.2) is 4.99 Å². The van der Waals surface area contributed by atoms with E-state index in [4.69, 9.17) is 4.74 Å². The maximum Gasteiger partial charge on any atom is 0.573 e. The fourth-order valence-corrected chi connectivity index (χ4v) is 1.61. The Morgan fingerprint density at radius 2 is 2.00 bits per heavy atom. The van der Waals surface area contributed by atoms with Gasteiger partial charge in [0.2, 0.25) is 0 Å². The molecule has 4 nitrogen and oxygen atoms in total. The Labute approximate surface area is 101 Å². The van der Waals surface area contributed by atoms with Crippen LogP contribution in [0.5, 0.6) is 5.75 Å². The van der Waals surface area contributed by atoms with Gasteiger partial charge in [-0.3, -0.25) is 0 Å². The number of halogens is 3. The summed E-state index contributed by atoms with van der Waals surface area (Å²) >= 11 is 0. The van der Waals surface area contributed by atoms with Gasteiger partial charge in [-0.05, 0) is 17.7 Å². The summed E-state index contributed by atoms with van der Waals surface area (Å²) in [6.07, 6.45) is -4.67. The summed E-state index contributed by atoms with van der Waals surface area (Å²) in [5.41, 5.74) is 0.808. The van der Waals surface area contributed by atoms with Crippen molar-refractivity contribution in [1.82, 2.24) is 5.32 Å². The molecule has 1 aromatic rings. The number of benzene rings is 1. The molecular weight excluding hydrogens is 249 g/mol. The van der Waals surface area contributed by atoms with E-state index < -0.39 is 6.36 Å². The van der Waals surface area contributed by atoms with Gasteiger partial charge < -0.3 is 14.8 Å². The molecule has 1 aromatic carbocycles. The summed E-state index contributed by atoms with van der Waals surface area (Å²) in [5.74, 6) is -0.241. The fourth-order valence-electron chi connectivity index (χ4n) is 1.61. The normalized spacial score (nSPS) is 21.6. The highest BCUT2D eigenvalue weighted by Crippen LogP contribution is 2.25. The first-order valence-electron chi connectivity index (χ1n) is 5.20. The van der Waals surface area contributed by atoms with E-state index in [-0.39, 0.29) is 11.8 Å². The lowest BCUT2D eigenvalue weighted by atomic mass is 10.1. The third-order valence-corrected chi connectivity index (χ3v) is 2.40. The largest absolute Gasteiger partial charge is 0.573 e. The lowest BCUT2D eigenvalue weighted by Crippen LogP contribution is -2.20. The van der Waals surface area contributed by atoms with Crippen molar-refractivity contribution in [1.29, 1.82) is 0 Å². The number of alkyl halides is 3. The first-order valence-corrected chi connectivity index (χ1v) is 5.20. The molecule has 7 heteroatoms. The molecule has 0 spiro atoms. The molecule has 1 heterocycles. The predicted molar refractivity (Wildman–Crippen MR) is 58.3 cm³/mol. The third-order valence-electron chi connectivity index (χ3n) is 2.40. The number of hydrogen-bond acceptors (Lipinski definition) is 3. The van der Waals surface area contributed by atoms with Crippen LogP contribution < -0.4 is 10.1 Å². The minimum atomic E-state index is -4.67. The maximum atomic E-state index is 12.0. The second-order valence-corrected chi connectivity index (χ2v) is 3.65. The monoisotopic (exact) mass is 260 g/mol. The highest BCUT2D eigenvalue weighted by Gasteiger charge is 2.31. The van der Waals surface area contributed by atoms with Gasteiger partial charge in [-0.15, -0.1) is 13.2 Å². The zero-order valence-electron chi connectivity index (χ0n) is 9.49. The zero-order chi connectivity index (χ0) is 13.2. The summed E-state index contributed by atoms with van der Waals surface area (Å²) in [6.45, 7) is 0.395. The van der Waals surface area contributed by atoms with E-state index in [1.54, 1.807) is 19.2 Å². The van der Waals surface area contributed by atoms with Crippen LogP contribution in [-0.4, -0.2) is 26.0 Å². The molecule has 98 valence electrons. The van der Waals surface area contributed by atoms with Crippen LogP contribution in [0.2, 0.25) is 0 Å². The molecule has 18 heavy (non-hydrogen) atoms. The fraction of sp³-hybridized carbons (Fsp3) is 0.364. The Morgan fingerprint density at radius 3 is 2.50 bits per heavy atom. The van der Waals surface area contributed by atoms with E-state index in [2.05, 4.69) is 15.0 Å². The number of nitrogens with zero attached hydrogens (tertiary/aromatic N) is 1. The molecule has 1 aliphatic rings. The third kappa shape index (κ3) is 3.06. The minimum absolute atomic E-state index is 0.108. The van der Waals surface area contributed by atoms with Crippen molar-refractivity contribution >= 4 is 6.02 Å². The average molecular weight is 260 g/mol. The number of aliphatic imine (C=N–C) groups is 1. The standard InChI is InChI=1S/C11H11F3N2O2/c1-15-10-16-9(6-17-10)7-2-4-8(5-3-7)18-11(12,13)14/h2-5,9H,6H2,1H3,(H,15,16). The molecule has 0 aliphatic carbocycles. The van der Waals surface area contributed by atoms with Crippen LogP contribution in [0.4, 0.5) is 13.2 Å². The van der Waals surface area contributed by atoms with Crippen molar-refractivity contribution in [2.24, 2.45) is 4.99 Å². The zero-order valence-corrected chi connectivity index (χ0v) is 9.49. The van der Waals surface area contributed by atoms with E-state index in [1.165, 1.54) is 12.1 Å². The average Bonchev–Trinajstić information content (AvgIpc) is 2.76. The molecule has 0 radical (unpaired) electrons. The lowest BCUT2D eigenvalue weighted by Gasteiger charge is -2.11. The van der Waals surface area contributed by atoms with Crippen molar-refractivity contribution in [3.8, 4) is 5.75 Å². The summed E-state index contributed by atoms with van der Waals surface area (Å²) < 4.78 is 44.9. The SMILES string of the molecule is CN=C1NC(c2ccc(OC(F)(F)F)cc2)CO1. The molecule has 1 saturated heterocycles. The smallest absolute Gasteiger partial charge is 0.463 e. The van der Waals surface area contributed by atoms with Crippen LogP contribution in [0.1, 0.15) is 11.6 Å². The number of nitrogens with one attached hydrogen (secondary N) is 1. The van der Waals surface area contributed by atoms with Gasteiger partial charge in [0, 0.05) is 7.05 Å². The topological polar surface area (TPSA) is 42.9 Å². The quantitative estimate of drug-likeness (QED) is 0.886. The lowest BCUT2D eigenvalue weighted by molar-refractivity contribution is -0.274. The Hall–Kier alpha value is -1.92. The van der Waals surface area contributed by atoms with Crippen LogP contribution in [0.3, 0.4) is 0 Å². The van der Waals surface area contributed by atoms with Crippen LogP contribution in [0, 0.1) is 0 Å². The molecule has 2 rings (SSSR count). The molecule has 1 aliphatic heterocycles. The van der Waals surface area contributed by atoms with Gasteiger partial charge in [0.05, 0.1) is 6.04 Å². The van der Waals surface area contributed by atoms with E-state index in [9.17, 15) is 13.2 Å². The summed E-state index contributed by atoms with van der Waals surface area (Å²) in [6, 6.07) is 5.97. The maximum absolute atomic E-state index is 12.0. The van der Waals surface area contributed by atoms with E-state index in [0.29, 0.717) is 12.6 Å². The molecule has 1 unspecified atom stereocenters. The number of hydrogen-bond donors (Lipinski definition) is 1. The molecule has 0 amide bonds. The Balaban J connectivity index is 2.04. The molecule has 1 fully saturated rings. The number of ether oxygens (including phenoxy) is 2. The summed E-state index contributed by atoms with van der Waals surface area (Å²) in [5, 5.41) is 2.99. The molecule has 1 atom stereocenters. The van der Waals surface area contributed by atoms with Gasteiger partial charge in [-0.1, -0.05) is 12.1 Å². The predicted octanol–water partition coefficient (Wildman–Crippen LogP) is 2.23. The molecule has 0 saturated carbocycles. The molecule has 1 N–H and O–H groups in total. The minimum Gasteiger partial charge on any atom is -0.463 e. The van der Waals surface area contributed by atoms with Crippen molar-refractivity contribution in [2.75, 3.05) is 13.7 Å². The van der Waals surface area contributed by atoms with E-state index in [0.717, 1.165) is 5.56 Å². The van der Waals surface area contributed by atoms with Gasteiger partial charge in [0.25, 0.3) is 6.02 Å². The van der Waals surface area contributed by atoms with Crippen LogP contribution >= 0.6 is 0 Å². The van der Waals surface area contributed by atoms with Gasteiger partial charge >= 0.3 is 6.36 Å². The van der Waals surface area contributed by atoms with Crippen LogP contribution in [0.15, 0.2) is 29.3 Å². The first kappa shape index (κ1) is 12.5. The number of amidine groups is 1. The van der Waals surface area contributed by atoms with Gasteiger partial charge in [0.1, 0.15) is 12.4 Å². The first-order chi connectivity index (χ1) is 8.48. The Morgan fingerprint density at radius 1 is 1.33 bits per heavy atom. The molecule has 0 bridgehead atoms. The van der Waals surface area contributed by atoms with Crippen molar-refractivity contribution in [3.63, 3.8) is 0 Å². The summed E-state index contributed by atoms with van der Waals surface area (Å²) in [7, 11) is 1.59. The second kappa shape index (κ2) is 4.75. The Kier molecular flexibility index (Phi) is 3.31. The van der Waals surface area contributed by atoms with Crippen LogP contribution in [0.25, 0.3) is 0 Å². The highest BCUT2D eigenvalue weighted by molar-refractivity contribution is 5.75. The van der Waals surface area contributed by atoms with E-state index in [1.807, 2.05) is 0 Å². The molecular formula is C11H11F3N2O2. The van der Waals surface area contributed by atoms with Gasteiger partial charge in [0.15, 0.2) is 0 Å². The second-order valence-electron chi connectivity index (χ2n) is 3.65. The highest BCUT2D eigenvalue weighted by atomic mass is 19.4. The van der Waals surface area contributed by atoms with Gasteiger partial charge in [-0.2, -0.15) is 0 Å². The Bertz CT molecular complexity index is 443. The van der Waals surface area contributed by atoms with Crippen molar-refractivity contribution in [3.05, 3.63) is 29.8 Å². The van der Waals surface area contributed by atoms with Crippen molar-refractivity contribution in [2.45, 2.75) is 12.4 Å². The van der Waals surface area contributed by atoms with E-state index >= 15 is 0 Å². The summed E-state index contributed by atoms with van der Waals surface area (Å²) in [4.78, 5) is 3.84. The number of rotatable bonds is 2. The van der Waals surface area contributed by atoms with Crippen LogP contribution in [-0.2, 0) is 4.74 Å². The van der Waals surface area contributed by atoms with Crippen molar-refractivity contribution < 1.29 is 22.6 Å². The molecule has 0 aromatic heterocycles.